The summed E-state index contributed by atoms with van der Waals surface area (Å²) in [5, 5.41) is 12.8. The molecule has 2 aromatic rings. The fraction of sp³-hybridized carbons (Fsp3) is 0.611. The van der Waals surface area contributed by atoms with Crippen LogP contribution in [-0.2, 0) is 52.3 Å². The number of ether oxygens (including phenoxy) is 7. The Bertz CT molecular complexity index is 1670. The highest BCUT2D eigenvalue weighted by atomic mass is 16.7. The maximum Gasteiger partial charge on any atom is 0.341 e. The molecule has 3 aliphatic rings. The number of carbonyl (C=O) groups excluding carboxylic acids is 6. The van der Waals surface area contributed by atoms with Gasteiger partial charge in [0, 0.05) is 27.2 Å². The van der Waals surface area contributed by atoms with Crippen LogP contribution in [0.25, 0.3) is 0 Å². The fourth-order valence-electron chi connectivity index (χ4n) is 8.28. The second-order valence-electron chi connectivity index (χ2n) is 14.3. The molecule has 3 fully saturated rings. The van der Waals surface area contributed by atoms with Crippen molar-refractivity contribution in [2.24, 2.45) is 17.3 Å². The molecule has 16 nitrogen and oxygen atoms in total. The SMILES string of the molecule is CC[C@@H](C)C(=O)OC[C@]12[C@@H](OC(=O)c3ccoc3)[C@H](OC(=O)c3ccoc3)[C@@H]3[C@@H](OC(C)=O)[C@]1(OC3(C)C)[C@@](C)(O)C[C@H](OC(C)=O)[C@@H]2OC(C)=O. The topological polar surface area (TPSA) is 214 Å². The molecule has 1 saturated heterocycles. The van der Waals surface area contributed by atoms with Gasteiger partial charge in [0.05, 0.1) is 46.7 Å². The van der Waals surface area contributed by atoms with Crippen molar-refractivity contribution in [2.45, 2.75) is 116 Å². The number of carbonyl (C=O) groups is 6. The Labute approximate surface area is 299 Å². The number of hydrogen-bond donors (Lipinski definition) is 1. The van der Waals surface area contributed by atoms with Gasteiger partial charge in [0.25, 0.3) is 0 Å². The third-order valence-corrected chi connectivity index (χ3v) is 10.4. The van der Waals surface area contributed by atoms with Crippen molar-refractivity contribution in [3.63, 3.8) is 0 Å². The van der Waals surface area contributed by atoms with Crippen LogP contribution in [0.2, 0.25) is 0 Å². The van der Waals surface area contributed by atoms with E-state index >= 15 is 0 Å². The van der Waals surface area contributed by atoms with Crippen LogP contribution in [0.4, 0.5) is 0 Å². The first-order valence-electron chi connectivity index (χ1n) is 16.9. The van der Waals surface area contributed by atoms with Crippen molar-refractivity contribution < 1.29 is 75.9 Å². The van der Waals surface area contributed by atoms with E-state index < -0.39 is 113 Å². The molecule has 0 aromatic carbocycles. The molecule has 3 heterocycles. The van der Waals surface area contributed by atoms with Gasteiger partial charge in [0.1, 0.15) is 42.9 Å². The third kappa shape index (κ3) is 6.35. The lowest BCUT2D eigenvalue weighted by molar-refractivity contribution is -0.363. The average molecular weight is 733 g/mol. The maximum atomic E-state index is 14.0. The van der Waals surface area contributed by atoms with Crippen LogP contribution >= 0.6 is 0 Å². The van der Waals surface area contributed by atoms with E-state index in [4.69, 9.17) is 42.0 Å². The molecule has 1 N–H and O–H groups in total. The number of fused-ring (bicyclic) bond motifs is 1. The number of furan rings is 2. The fourth-order valence-corrected chi connectivity index (χ4v) is 8.28. The van der Waals surface area contributed by atoms with Crippen LogP contribution in [0.1, 0.15) is 88.9 Å². The monoisotopic (exact) mass is 732 g/mol. The summed E-state index contributed by atoms with van der Waals surface area (Å²) in [6.07, 6.45) is -3.76. The highest BCUT2D eigenvalue weighted by Crippen LogP contribution is 2.69. The second kappa shape index (κ2) is 14.0. The zero-order chi connectivity index (χ0) is 38.4. The van der Waals surface area contributed by atoms with Gasteiger partial charge in [-0.05, 0) is 39.3 Å². The standard InChI is InChI=1S/C36H44O16/c1-9-18(2)30(40)46-17-35-27(48-20(4)38)24(47-19(3)37)14-34(8,43)36(35)28(49-21(5)39)25(33(6,7)52-36)26(50-31(41)22-10-12-44-15-22)29(35)51-32(42)23-11-13-45-16-23/h10-13,15-16,18,24-29,43H,9,14,17H2,1-8H3/t18-,24+,25-,26-,27+,28-,29+,34+,35+,36+/m1/s1. The summed E-state index contributed by atoms with van der Waals surface area (Å²) < 4.78 is 53.3. The molecule has 1 spiro atoms. The minimum atomic E-state index is -2.35. The molecular weight excluding hydrogens is 688 g/mol. The van der Waals surface area contributed by atoms with Crippen molar-refractivity contribution in [2.75, 3.05) is 6.61 Å². The molecule has 1 aliphatic heterocycles. The lowest BCUT2D eigenvalue weighted by atomic mass is 9.45. The molecule has 2 aliphatic carbocycles. The summed E-state index contributed by atoms with van der Waals surface area (Å²) in [6, 6.07) is 2.64. The van der Waals surface area contributed by atoms with E-state index in [1.165, 1.54) is 31.6 Å². The molecule has 0 unspecified atom stereocenters. The van der Waals surface area contributed by atoms with Crippen molar-refractivity contribution in [3.8, 4) is 0 Å². The van der Waals surface area contributed by atoms with E-state index in [1.54, 1.807) is 27.7 Å². The Morgan fingerprint density at radius 2 is 1.35 bits per heavy atom. The predicted molar refractivity (Wildman–Crippen MR) is 172 cm³/mol. The van der Waals surface area contributed by atoms with Crippen molar-refractivity contribution in [3.05, 3.63) is 48.3 Å². The summed E-state index contributed by atoms with van der Waals surface area (Å²) in [5.41, 5.74) is -8.47. The molecule has 0 amide bonds. The van der Waals surface area contributed by atoms with Crippen molar-refractivity contribution in [1.29, 1.82) is 0 Å². The smallest absolute Gasteiger partial charge is 0.341 e. The average Bonchev–Trinajstić information content (AvgIpc) is 3.81. The first-order valence-corrected chi connectivity index (χ1v) is 16.9. The van der Waals surface area contributed by atoms with Gasteiger partial charge in [0.15, 0.2) is 17.8 Å². The molecule has 2 aromatic heterocycles. The lowest BCUT2D eigenvalue weighted by Gasteiger charge is -2.66. The Kier molecular flexibility index (Phi) is 10.4. The third-order valence-electron chi connectivity index (χ3n) is 10.4. The first kappa shape index (κ1) is 38.5. The van der Waals surface area contributed by atoms with E-state index in [9.17, 15) is 33.9 Å². The molecule has 10 atom stereocenters. The van der Waals surface area contributed by atoms with Crippen LogP contribution in [0, 0.1) is 17.3 Å². The lowest BCUT2D eigenvalue weighted by Crippen LogP contribution is -2.85. The van der Waals surface area contributed by atoms with Gasteiger partial charge in [-0.2, -0.15) is 0 Å². The van der Waals surface area contributed by atoms with Gasteiger partial charge in [0.2, 0.25) is 0 Å². The van der Waals surface area contributed by atoms with Gasteiger partial charge >= 0.3 is 35.8 Å². The predicted octanol–water partition coefficient (Wildman–Crippen LogP) is 3.33. The van der Waals surface area contributed by atoms with E-state index in [2.05, 4.69) is 0 Å². The molecule has 16 heteroatoms. The molecule has 2 bridgehead atoms. The normalized spacial score (nSPS) is 33.5. The molecule has 52 heavy (non-hydrogen) atoms. The van der Waals surface area contributed by atoms with Crippen LogP contribution < -0.4 is 0 Å². The number of rotatable bonds is 11. The maximum absolute atomic E-state index is 14.0. The van der Waals surface area contributed by atoms with Gasteiger partial charge < -0.3 is 47.1 Å². The second-order valence-corrected chi connectivity index (χ2v) is 14.3. The molecule has 284 valence electrons. The Balaban J connectivity index is 1.90. The molecule has 5 rings (SSSR count). The van der Waals surface area contributed by atoms with Crippen molar-refractivity contribution in [1.82, 2.24) is 0 Å². The van der Waals surface area contributed by atoms with E-state index in [0.717, 1.165) is 33.3 Å². The van der Waals surface area contributed by atoms with Crippen LogP contribution in [0.3, 0.4) is 0 Å². The largest absolute Gasteiger partial charge is 0.472 e. The minimum Gasteiger partial charge on any atom is -0.472 e. The van der Waals surface area contributed by atoms with Gasteiger partial charge in [-0.3, -0.25) is 19.2 Å². The number of hydrogen-bond acceptors (Lipinski definition) is 16. The van der Waals surface area contributed by atoms with Gasteiger partial charge in [-0.25, -0.2) is 9.59 Å². The van der Waals surface area contributed by atoms with Crippen LogP contribution in [0.15, 0.2) is 46.0 Å². The highest BCUT2D eigenvalue weighted by Gasteiger charge is 2.89. The van der Waals surface area contributed by atoms with E-state index in [0.29, 0.717) is 6.42 Å². The van der Waals surface area contributed by atoms with Gasteiger partial charge in [-0.1, -0.05) is 13.8 Å². The molecular formula is C36H44O16. The Morgan fingerprint density at radius 3 is 1.85 bits per heavy atom. The highest BCUT2D eigenvalue weighted by molar-refractivity contribution is 5.90. The quantitative estimate of drug-likeness (QED) is 0.259. The van der Waals surface area contributed by atoms with E-state index in [1.807, 2.05) is 0 Å². The summed E-state index contributed by atoms with van der Waals surface area (Å²) >= 11 is 0. The summed E-state index contributed by atoms with van der Waals surface area (Å²) in [5.74, 6) is -7.19. The zero-order valence-corrected chi connectivity index (χ0v) is 30.2. The summed E-state index contributed by atoms with van der Waals surface area (Å²) in [6.45, 7) is 10.3. The minimum absolute atomic E-state index is 0.0419. The summed E-state index contributed by atoms with van der Waals surface area (Å²) in [7, 11) is 0. The van der Waals surface area contributed by atoms with Crippen LogP contribution in [0.5, 0.6) is 0 Å². The van der Waals surface area contributed by atoms with E-state index in [-0.39, 0.29) is 11.1 Å². The number of aliphatic hydroxyl groups is 1. The Morgan fingerprint density at radius 1 is 0.808 bits per heavy atom. The van der Waals surface area contributed by atoms with Crippen LogP contribution in [-0.4, -0.2) is 94.9 Å². The zero-order valence-electron chi connectivity index (χ0n) is 30.2. The van der Waals surface area contributed by atoms with Gasteiger partial charge in [-0.15, -0.1) is 0 Å². The Hall–Kier alpha value is -4.70. The first-order chi connectivity index (χ1) is 24.3. The number of esters is 6. The summed E-state index contributed by atoms with van der Waals surface area (Å²) in [4.78, 5) is 80.1. The molecule has 0 radical (unpaired) electrons. The molecule has 2 saturated carbocycles. The van der Waals surface area contributed by atoms with Crippen molar-refractivity contribution >= 4 is 35.8 Å².